The van der Waals surface area contributed by atoms with Crippen LogP contribution in [0.15, 0.2) is 66.1 Å². The zero-order valence-corrected chi connectivity index (χ0v) is 13.0. The van der Waals surface area contributed by atoms with E-state index in [9.17, 15) is 9.18 Å². The fraction of sp³-hybridized carbons (Fsp3) is 0.0588. The van der Waals surface area contributed by atoms with Gasteiger partial charge in [0.1, 0.15) is 5.82 Å². The van der Waals surface area contributed by atoms with E-state index < -0.39 is 5.91 Å². The Balaban J connectivity index is 1.79. The van der Waals surface area contributed by atoms with Crippen LogP contribution in [0.1, 0.15) is 15.9 Å². The van der Waals surface area contributed by atoms with E-state index in [4.69, 9.17) is 5.73 Å². The third kappa shape index (κ3) is 3.60. The maximum absolute atomic E-state index is 13.4. The van der Waals surface area contributed by atoms with Gasteiger partial charge in [0.25, 0.3) is 0 Å². The molecule has 3 rings (SSSR count). The van der Waals surface area contributed by atoms with E-state index in [1.807, 2.05) is 16.7 Å². The fourth-order valence-electron chi connectivity index (χ4n) is 2.18. The van der Waals surface area contributed by atoms with E-state index in [1.54, 1.807) is 36.7 Å². The monoisotopic (exact) mass is 327 g/mol. The molecule has 0 aliphatic heterocycles. The molecule has 3 aromatic rings. The van der Waals surface area contributed by atoms with Crippen LogP contribution in [0.4, 0.5) is 4.39 Å². The smallest absolute Gasteiger partial charge is 0.248 e. The van der Waals surface area contributed by atoms with Gasteiger partial charge in [-0.2, -0.15) is 0 Å². The van der Waals surface area contributed by atoms with Crippen molar-refractivity contribution in [1.82, 2.24) is 9.55 Å². The summed E-state index contributed by atoms with van der Waals surface area (Å²) in [7, 11) is 0. The molecule has 1 heterocycles. The first kappa shape index (κ1) is 15.3. The minimum absolute atomic E-state index is 0.290. The average molecular weight is 327 g/mol. The van der Waals surface area contributed by atoms with E-state index in [1.165, 1.54) is 23.9 Å². The van der Waals surface area contributed by atoms with Gasteiger partial charge in [-0.15, -0.1) is 0 Å². The third-order valence-electron chi connectivity index (χ3n) is 3.27. The Morgan fingerprint density at radius 1 is 1.22 bits per heavy atom. The summed E-state index contributed by atoms with van der Waals surface area (Å²) in [6.07, 6.45) is 3.46. The second kappa shape index (κ2) is 6.66. The normalized spacial score (nSPS) is 10.7. The lowest BCUT2D eigenvalue weighted by molar-refractivity contribution is 0.1000. The Morgan fingerprint density at radius 2 is 2.04 bits per heavy atom. The van der Waals surface area contributed by atoms with Crippen LogP contribution in [0.5, 0.6) is 0 Å². The van der Waals surface area contributed by atoms with Crippen molar-refractivity contribution in [1.29, 1.82) is 0 Å². The van der Waals surface area contributed by atoms with E-state index in [-0.39, 0.29) is 5.82 Å². The zero-order valence-electron chi connectivity index (χ0n) is 12.1. The van der Waals surface area contributed by atoms with E-state index in [2.05, 4.69) is 4.98 Å². The van der Waals surface area contributed by atoms with E-state index >= 15 is 0 Å². The molecule has 1 amide bonds. The highest BCUT2D eigenvalue weighted by atomic mass is 32.2. The van der Waals surface area contributed by atoms with Gasteiger partial charge in [0.15, 0.2) is 5.16 Å². The molecule has 0 aliphatic carbocycles. The summed E-state index contributed by atoms with van der Waals surface area (Å²) in [6.45, 7) is 0. The maximum atomic E-state index is 13.4. The maximum Gasteiger partial charge on any atom is 0.248 e. The second-order valence-corrected chi connectivity index (χ2v) is 5.86. The molecule has 0 bridgehead atoms. The summed E-state index contributed by atoms with van der Waals surface area (Å²) in [5, 5.41) is 0.750. The van der Waals surface area contributed by atoms with E-state index in [0.29, 0.717) is 11.3 Å². The Kier molecular flexibility index (Phi) is 4.43. The highest BCUT2D eigenvalue weighted by Gasteiger charge is 2.08. The molecule has 0 aliphatic rings. The lowest BCUT2D eigenvalue weighted by atomic mass is 10.1. The molecule has 6 heteroatoms. The van der Waals surface area contributed by atoms with Crippen LogP contribution >= 0.6 is 11.8 Å². The van der Waals surface area contributed by atoms with Gasteiger partial charge in [-0.25, -0.2) is 9.37 Å². The molecular weight excluding hydrogens is 313 g/mol. The zero-order chi connectivity index (χ0) is 16.2. The number of nitrogens with zero attached hydrogens (tertiary/aromatic N) is 2. The molecule has 2 N–H and O–H groups in total. The van der Waals surface area contributed by atoms with Crippen molar-refractivity contribution in [3.63, 3.8) is 0 Å². The molecule has 0 fully saturated rings. The van der Waals surface area contributed by atoms with Crippen molar-refractivity contribution in [2.75, 3.05) is 0 Å². The number of hydrogen-bond acceptors (Lipinski definition) is 3. The Labute approximate surface area is 137 Å². The largest absolute Gasteiger partial charge is 0.366 e. The predicted octanol–water partition coefficient (Wildman–Crippen LogP) is 3.40. The van der Waals surface area contributed by atoms with Crippen molar-refractivity contribution in [3.05, 3.63) is 77.9 Å². The first-order valence-electron chi connectivity index (χ1n) is 6.94. The van der Waals surface area contributed by atoms with Gasteiger partial charge in [-0.1, -0.05) is 30.0 Å². The highest BCUT2D eigenvalue weighted by molar-refractivity contribution is 7.98. The van der Waals surface area contributed by atoms with Gasteiger partial charge in [-0.05, 0) is 35.9 Å². The molecule has 0 unspecified atom stereocenters. The lowest BCUT2D eigenvalue weighted by Gasteiger charge is -2.08. The minimum atomic E-state index is -0.446. The first-order valence-corrected chi connectivity index (χ1v) is 7.93. The fourth-order valence-corrected chi connectivity index (χ4v) is 3.10. The van der Waals surface area contributed by atoms with Crippen LogP contribution in [0, 0.1) is 5.82 Å². The average Bonchev–Trinajstić information content (AvgIpc) is 3.02. The Hall–Kier alpha value is -2.60. The number of rotatable bonds is 5. The van der Waals surface area contributed by atoms with Gasteiger partial charge >= 0.3 is 0 Å². The summed E-state index contributed by atoms with van der Waals surface area (Å²) in [4.78, 5) is 15.5. The molecule has 116 valence electrons. The van der Waals surface area contributed by atoms with Crippen molar-refractivity contribution in [2.24, 2.45) is 5.73 Å². The van der Waals surface area contributed by atoms with Crippen LogP contribution in [0.2, 0.25) is 0 Å². The van der Waals surface area contributed by atoms with Gasteiger partial charge in [0.2, 0.25) is 5.91 Å². The number of amides is 1. The molecular formula is C17H14FN3OS. The van der Waals surface area contributed by atoms with E-state index in [0.717, 1.165) is 16.4 Å². The topological polar surface area (TPSA) is 60.9 Å². The number of nitrogens with two attached hydrogens (primary N) is 1. The summed E-state index contributed by atoms with van der Waals surface area (Å²) in [6, 6.07) is 13.5. The molecule has 0 spiro atoms. The number of aromatic nitrogens is 2. The molecule has 0 saturated carbocycles. The first-order chi connectivity index (χ1) is 11.1. The number of imidazole rings is 1. The number of primary amides is 1. The molecule has 4 nitrogen and oxygen atoms in total. The predicted molar refractivity (Wildman–Crippen MR) is 88.0 cm³/mol. The number of hydrogen-bond donors (Lipinski definition) is 1. The number of halogens is 1. The summed E-state index contributed by atoms with van der Waals surface area (Å²) >= 11 is 1.51. The molecule has 0 atom stereocenters. The number of benzene rings is 2. The molecule has 0 saturated heterocycles. The summed E-state index contributed by atoms with van der Waals surface area (Å²) < 4.78 is 15.2. The Bertz CT molecular complexity index is 847. The molecule has 0 radical (unpaired) electrons. The van der Waals surface area contributed by atoms with Gasteiger partial charge in [0.05, 0.1) is 5.69 Å². The van der Waals surface area contributed by atoms with Crippen molar-refractivity contribution < 1.29 is 9.18 Å². The Morgan fingerprint density at radius 3 is 2.83 bits per heavy atom. The second-order valence-electron chi connectivity index (χ2n) is 4.91. The molecule has 2 aromatic carbocycles. The lowest BCUT2D eigenvalue weighted by Crippen LogP contribution is -2.10. The van der Waals surface area contributed by atoms with Crippen LogP contribution in [0.25, 0.3) is 5.69 Å². The summed E-state index contributed by atoms with van der Waals surface area (Å²) in [5.74, 6) is -0.104. The SMILES string of the molecule is NC(=O)c1cccc(CSc2nccn2-c2cccc(F)c2)c1. The van der Waals surface area contributed by atoms with Crippen LogP contribution in [0.3, 0.4) is 0 Å². The standard InChI is InChI=1S/C17H14FN3OS/c18-14-5-2-6-15(10-14)21-8-7-20-17(21)23-11-12-3-1-4-13(9-12)16(19)22/h1-10H,11H2,(H2,19,22). The van der Waals surface area contributed by atoms with Crippen molar-refractivity contribution >= 4 is 17.7 Å². The van der Waals surface area contributed by atoms with Gasteiger partial charge in [0, 0.05) is 23.7 Å². The quantitative estimate of drug-likeness (QED) is 0.731. The van der Waals surface area contributed by atoms with Crippen LogP contribution in [-0.4, -0.2) is 15.5 Å². The van der Waals surface area contributed by atoms with Crippen LogP contribution < -0.4 is 5.73 Å². The number of thioether (sulfide) groups is 1. The van der Waals surface area contributed by atoms with Crippen molar-refractivity contribution in [3.8, 4) is 5.69 Å². The van der Waals surface area contributed by atoms with Gasteiger partial charge < -0.3 is 5.73 Å². The van der Waals surface area contributed by atoms with Crippen LogP contribution in [-0.2, 0) is 5.75 Å². The van der Waals surface area contributed by atoms with Gasteiger partial charge in [-0.3, -0.25) is 9.36 Å². The summed E-state index contributed by atoms with van der Waals surface area (Å²) in [5.41, 5.74) is 7.46. The minimum Gasteiger partial charge on any atom is -0.366 e. The number of carbonyl (C=O) groups is 1. The number of carbonyl (C=O) groups excluding carboxylic acids is 1. The van der Waals surface area contributed by atoms with Crippen molar-refractivity contribution in [2.45, 2.75) is 10.9 Å². The third-order valence-corrected chi connectivity index (χ3v) is 4.31. The molecule has 23 heavy (non-hydrogen) atoms. The molecule has 1 aromatic heterocycles. The highest BCUT2D eigenvalue weighted by Crippen LogP contribution is 2.24.